The topological polar surface area (TPSA) is 0 Å². The van der Waals surface area contributed by atoms with Gasteiger partial charge in [-0.15, -0.1) is 13.2 Å². The van der Waals surface area contributed by atoms with Gasteiger partial charge in [0.1, 0.15) is 8.80 Å². The Labute approximate surface area is 84.7 Å². The SMILES string of the molecule is C=C[SiH](C=C)C=CCCCCCC. The Kier molecular flexibility index (Phi) is 9.11. The number of unbranched alkanes of at least 4 members (excludes halogenated alkanes) is 4. The van der Waals surface area contributed by atoms with Crippen molar-refractivity contribution >= 4 is 8.80 Å². The summed E-state index contributed by atoms with van der Waals surface area (Å²) in [5.41, 5.74) is 6.41. The Bertz CT molecular complexity index is 151. The summed E-state index contributed by atoms with van der Waals surface area (Å²) >= 11 is 0. The molecule has 0 aliphatic heterocycles. The Morgan fingerprint density at radius 1 is 1.08 bits per heavy atom. The maximum Gasteiger partial charge on any atom is 0.108 e. The zero-order valence-electron chi connectivity index (χ0n) is 8.84. The third-order valence-corrected chi connectivity index (χ3v) is 3.93. The van der Waals surface area contributed by atoms with Crippen LogP contribution < -0.4 is 0 Å². The van der Waals surface area contributed by atoms with Gasteiger partial charge in [0.25, 0.3) is 0 Å². The van der Waals surface area contributed by atoms with E-state index < -0.39 is 8.80 Å². The van der Waals surface area contributed by atoms with Crippen molar-refractivity contribution in [1.29, 1.82) is 0 Å². The lowest BCUT2D eigenvalue weighted by Gasteiger charge is -1.96. The smallest absolute Gasteiger partial charge is 0.107 e. The second-order valence-electron chi connectivity index (χ2n) is 3.33. The minimum Gasteiger partial charge on any atom is -0.107 e. The van der Waals surface area contributed by atoms with E-state index in [4.69, 9.17) is 0 Å². The van der Waals surface area contributed by atoms with Crippen LogP contribution >= 0.6 is 0 Å². The molecule has 0 N–H and O–H groups in total. The monoisotopic (exact) mass is 194 g/mol. The molecule has 0 aliphatic carbocycles. The maximum atomic E-state index is 3.80. The molecular weight excluding hydrogens is 172 g/mol. The Hall–Kier alpha value is -0.563. The maximum absolute atomic E-state index is 3.80. The van der Waals surface area contributed by atoms with Crippen molar-refractivity contribution in [2.45, 2.75) is 39.0 Å². The van der Waals surface area contributed by atoms with Crippen LogP contribution in [0.3, 0.4) is 0 Å². The van der Waals surface area contributed by atoms with Gasteiger partial charge in [-0.3, -0.25) is 0 Å². The first-order valence-electron chi connectivity index (χ1n) is 5.27. The van der Waals surface area contributed by atoms with Crippen LogP contribution in [0.1, 0.15) is 39.0 Å². The van der Waals surface area contributed by atoms with E-state index in [1.165, 1.54) is 32.1 Å². The van der Waals surface area contributed by atoms with Crippen LogP contribution in [0.4, 0.5) is 0 Å². The fourth-order valence-electron chi connectivity index (χ4n) is 1.20. The number of hydrogen-bond acceptors (Lipinski definition) is 0. The molecule has 0 amide bonds. The van der Waals surface area contributed by atoms with Crippen LogP contribution in [0.25, 0.3) is 0 Å². The van der Waals surface area contributed by atoms with E-state index in [9.17, 15) is 0 Å². The number of allylic oxidation sites excluding steroid dienone is 1. The minimum atomic E-state index is -0.904. The summed E-state index contributed by atoms with van der Waals surface area (Å²) in [6, 6.07) is 0. The van der Waals surface area contributed by atoms with E-state index in [0.717, 1.165) is 0 Å². The summed E-state index contributed by atoms with van der Waals surface area (Å²) in [4.78, 5) is 0. The van der Waals surface area contributed by atoms with Crippen LogP contribution in [-0.2, 0) is 0 Å². The molecule has 13 heavy (non-hydrogen) atoms. The molecule has 0 rings (SSSR count). The van der Waals surface area contributed by atoms with E-state index in [0.29, 0.717) is 0 Å². The van der Waals surface area contributed by atoms with Gasteiger partial charge < -0.3 is 0 Å². The lowest BCUT2D eigenvalue weighted by Crippen LogP contribution is -1.99. The van der Waals surface area contributed by atoms with Crippen molar-refractivity contribution in [2.24, 2.45) is 0 Å². The highest BCUT2D eigenvalue weighted by Crippen LogP contribution is 2.03. The molecule has 0 radical (unpaired) electrons. The lowest BCUT2D eigenvalue weighted by atomic mass is 10.2. The first-order valence-corrected chi connectivity index (χ1v) is 7.27. The van der Waals surface area contributed by atoms with Crippen molar-refractivity contribution in [1.82, 2.24) is 0 Å². The van der Waals surface area contributed by atoms with Crippen LogP contribution in [0.15, 0.2) is 36.3 Å². The van der Waals surface area contributed by atoms with Crippen molar-refractivity contribution in [3.63, 3.8) is 0 Å². The summed E-state index contributed by atoms with van der Waals surface area (Å²) in [6.07, 6.45) is 8.92. The van der Waals surface area contributed by atoms with Gasteiger partial charge in [0.15, 0.2) is 0 Å². The summed E-state index contributed by atoms with van der Waals surface area (Å²) in [5.74, 6) is 0. The highest BCUT2D eigenvalue weighted by atomic mass is 28.3. The molecule has 0 unspecified atom stereocenters. The van der Waals surface area contributed by atoms with Crippen molar-refractivity contribution in [3.05, 3.63) is 36.3 Å². The zero-order valence-corrected chi connectivity index (χ0v) is 9.99. The van der Waals surface area contributed by atoms with Gasteiger partial charge in [-0.05, 0) is 12.8 Å². The molecule has 74 valence electrons. The first kappa shape index (κ1) is 12.4. The van der Waals surface area contributed by atoms with E-state index in [1.807, 2.05) is 0 Å². The van der Waals surface area contributed by atoms with Gasteiger partial charge in [-0.1, -0.05) is 49.4 Å². The predicted molar refractivity (Wildman–Crippen MR) is 65.4 cm³/mol. The molecule has 0 bridgehead atoms. The van der Waals surface area contributed by atoms with E-state index in [2.05, 4.69) is 43.3 Å². The van der Waals surface area contributed by atoms with Gasteiger partial charge in [0.05, 0.1) is 0 Å². The second-order valence-corrected chi connectivity index (χ2v) is 5.81. The molecule has 0 heterocycles. The fraction of sp³-hybridized carbons (Fsp3) is 0.500. The summed E-state index contributed by atoms with van der Waals surface area (Å²) in [6.45, 7) is 9.84. The molecule has 1 heteroatoms. The van der Waals surface area contributed by atoms with Crippen molar-refractivity contribution in [2.75, 3.05) is 0 Å². The zero-order chi connectivity index (χ0) is 9.94. The van der Waals surface area contributed by atoms with Gasteiger partial charge in [-0.25, -0.2) is 0 Å². The molecule has 0 saturated heterocycles. The van der Waals surface area contributed by atoms with E-state index in [-0.39, 0.29) is 0 Å². The lowest BCUT2D eigenvalue weighted by molar-refractivity contribution is 0.674. The molecular formula is C12H22Si. The Morgan fingerprint density at radius 2 is 1.77 bits per heavy atom. The molecule has 0 aliphatic rings. The second kappa shape index (κ2) is 9.52. The van der Waals surface area contributed by atoms with Crippen LogP contribution in [0.5, 0.6) is 0 Å². The van der Waals surface area contributed by atoms with Gasteiger partial charge in [0, 0.05) is 0 Å². The Morgan fingerprint density at radius 3 is 2.31 bits per heavy atom. The number of hydrogen-bond donors (Lipinski definition) is 0. The van der Waals surface area contributed by atoms with Crippen LogP contribution in [0, 0.1) is 0 Å². The summed E-state index contributed by atoms with van der Waals surface area (Å²) in [7, 11) is -0.904. The van der Waals surface area contributed by atoms with Crippen LogP contribution in [-0.4, -0.2) is 8.80 Å². The molecule has 0 nitrogen and oxygen atoms in total. The molecule has 0 aromatic heterocycles. The molecule has 0 aromatic rings. The van der Waals surface area contributed by atoms with Gasteiger partial charge in [0.2, 0.25) is 0 Å². The van der Waals surface area contributed by atoms with Crippen LogP contribution in [0.2, 0.25) is 0 Å². The molecule has 0 atom stereocenters. The largest absolute Gasteiger partial charge is 0.108 e. The highest BCUT2D eigenvalue weighted by Gasteiger charge is 1.91. The molecule has 0 aromatic carbocycles. The predicted octanol–water partition coefficient (Wildman–Crippen LogP) is 3.73. The Balaban J connectivity index is 3.39. The third-order valence-electron chi connectivity index (χ3n) is 2.13. The first-order chi connectivity index (χ1) is 6.35. The van der Waals surface area contributed by atoms with E-state index in [1.54, 1.807) is 0 Å². The number of rotatable bonds is 8. The quantitative estimate of drug-likeness (QED) is 0.408. The normalized spacial score (nSPS) is 10.9. The molecule has 0 spiro atoms. The third kappa shape index (κ3) is 7.79. The van der Waals surface area contributed by atoms with Gasteiger partial charge in [-0.2, -0.15) is 0 Å². The minimum absolute atomic E-state index is 0.904. The fourth-order valence-corrected chi connectivity index (χ4v) is 2.21. The van der Waals surface area contributed by atoms with Gasteiger partial charge >= 0.3 is 0 Å². The summed E-state index contributed by atoms with van der Waals surface area (Å²) in [5, 5.41) is 0. The van der Waals surface area contributed by atoms with Crippen molar-refractivity contribution < 1.29 is 0 Å². The average Bonchev–Trinajstić information content (AvgIpc) is 2.17. The molecule has 0 saturated carbocycles. The van der Waals surface area contributed by atoms with E-state index >= 15 is 0 Å². The summed E-state index contributed by atoms with van der Waals surface area (Å²) < 4.78 is 0. The molecule has 0 fully saturated rings. The highest BCUT2D eigenvalue weighted by molar-refractivity contribution is 6.74. The van der Waals surface area contributed by atoms with Crippen molar-refractivity contribution in [3.8, 4) is 0 Å². The average molecular weight is 194 g/mol. The standard InChI is InChI=1S/C12H22Si/c1-4-7-8-9-10-11-12-13(5-2)6-3/h5-6,11-13H,2-4,7-10H2,1H3.